The summed E-state index contributed by atoms with van der Waals surface area (Å²) in [5, 5.41) is 10.8. The van der Waals surface area contributed by atoms with E-state index in [1.807, 2.05) is 23.8 Å². The van der Waals surface area contributed by atoms with Gasteiger partial charge in [0.15, 0.2) is 0 Å². The molecule has 1 atom stereocenters. The summed E-state index contributed by atoms with van der Waals surface area (Å²) in [6.07, 6.45) is 0. The molecule has 3 aromatic rings. The minimum Gasteiger partial charge on any atom is -0.338 e. The van der Waals surface area contributed by atoms with Gasteiger partial charge < -0.3 is 9.84 Å². The maximum absolute atomic E-state index is 13.3. The largest absolute Gasteiger partial charge is 0.338 e. The molecule has 1 saturated heterocycles. The number of carbonyl (C=O) groups is 1. The summed E-state index contributed by atoms with van der Waals surface area (Å²) in [6, 6.07) is 7.60. The van der Waals surface area contributed by atoms with E-state index in [0.29, 0.717) is 23.9 Å². The van der Waals surface area contributed by atoms with E-state index in [4.69, 9.17) is 4.52 Å². The van der Waals surface area contributed by atoms with Gasteiger partial charge in [0.2, 0.25) is 17.6 Å². The molecule has 1 aliphatic rings. The highest BCUT2D eigenvalue weighted by molar-refractivity contribution is 7.08. The topological polar surface area (TPSA) is 74.5 Å². The summed E-state index contributed by atoms with van der Waals surface area (Å²) in [4.78, 5) is 21.3. The van der Waals surface area contributed by atoms with Crippen molar-refractivity contribution < 1.29 is 13.7 Å². The van der Waals surface area contributed by atoms with E-state index in [9.17, 15) is 9.18 Å². The van der Waals surface area contributed by atoms with E-state index < -0.39 is 0 Å². The lowest BCUT2D eigenvalue weighted by atomic mass is 10.2. The Labute approximate surface area is 172 Å². The number of rotatable bonds is 6. The molecule has 4 rings (SSSR count). The van der Waals surface area contributed by atoms with Gasteiger partial charge >= 0.3 is 0 Å². The Morgan fingerprint density at radius 1 is 1.31 bits per heavy atom. The highest BCUT2D eigenvalue weighted by Gasteiger charge is 2.26. The fraction of sp³-hybridized carbons (Fsp3) is 0.350. The molecule has 2 aromatic heterocycles. The van der Waals surface area contributed by atoms with Crippen LogP contribution in [0.1, 0.15) is 12.8 Å². The van der Waals surface area contributed by atoms with Crippen molar-refractivity contribution in [3.63, 3.8) is 0 Å². The van der Waals surface area contributed by atoms with Gasteiger partial charge in [-0.25, -0.2) is 4.39 Å². The third kappa shape index (κ3) is 4.87. The SMILES string of the molecule is CC(C(=O)Nc1cccc(F)c1)N1CCN(Cc2nc(-c3ccsc3)no2)CC1. The zero-order valence-electron chi connectivity index (χ0n) is 16.0. The van der Waals surface area contributed by atoms with E-state index in [2.05, 4.69) is 25.3 Å². The first-order valence-electron chi connectivity index (χ1n) is 9.46. The number of thiophene rings is 1. The highest BCUT2D eigenvalue weighted by atomic mass is 32.1. The van der Waals surface area contributed by atoms with Crippen molar-refractivity contribution in [3.8, 4) is 11.4 Å². The van der Waals surface area contributed by atoms with Gasteiger partial charge in [0.25, 0.3) is 0 Å². The van der Waals surface area contributed by atoms with Crippen LogP contribution in [0.15, 0.2) is 45.6 Å². The minimum absolute atomic E-state index is 0.138. The third-order valence-corrected chi connectivity index (χ3v) is 5.72. The van der Waals surface area contributed by atoms with Crippen molar-refractivity contribution in [1.82, 2.24) is 19.9 Å². The zero-order valence-corrected chi connectivity index (χ0v) is 16.9. The van der Waals surface area contributed by atoms with Gasteiger partial charge in [0.1, 0.15) is 5.82 Å². The fourth-order valence-corrected chi connectivity index (χ4v) is 3.94. The summed E-state index contributed by atoms with van der Waals surface area (Å²) < 4.78 is 18.7. The number of nitrogens with zero attached hydrogens (tertiary/aromatic N) is 4. The lowest BCUT2D eigenvalue weighted by molar-refractivity contribution is -0.121. The lowest BCUT2D eigenvalue weighted by Gasteiger charge is -2.36. The molecule has 0 aliphatic carbocycles. The van der Waals surface area contributed by atoms with E-state index >= 15 is 0 Å². The van der Waals surface area contributed by atoms with Crippen LogP contribution in [-0.2, 0) is 11.3 Å². The molecule has 1 N–H and O–H groups in total. The average molecular weight is 415 g/mol. The summed E-state index contributed by atoms with van der Waals surface area (Å²) in [6.45, 7) is 5.57. The maximum Gasteiger partial charge on any atom is 0.241 e. The summed E-state index contributed by atoms with van der Waals surface area (Å²) >= 11 is 1.60. The van der Waals surface area contributed by atoms with Crippen LogP contribution in [0.4, 0.5) is 10.1 Å². The Morgan fingerprint density at radius 3 is 2.86 bits per heavy atom. The van der Waals surface area contributed by atoms with Crippen LogP contribution in [0.5, 0.6) is 0 Å². The second-order valence-corrected chi connectivity index (χ2v) is 7.79. The molecule has 152 valence electrons. The number of nitrogens with one attached hydrogen (secondary N) is 1. The number of piperazine rings is 1. The first-order valence-corrected chi connectivity index (χ1v) is 10.4. The molecule has 0 bridgehead atoms. The molecular formula is C20H22FN5O2S. The molecule has 0 spiro atoms. The van der Waals surface area contributed by atoms with Crippen LogP contribution in [-0.4, -0.2) is 58.1 Å². The zero-order chi connectivity index (χ0) is 20.2. The van der Waals surface area contributed by atoms with Crippen LogP contribution in [0.25, 0.3) is 11.4 Å². The average Bonchev–Trinajstić information content (AvgIpc) is 3.40. The predicted molar refractivity (Wildman–Crippen MR) is 109 cm³/mol. The number of halogens is 1. The highest BCUT2D eigenvalue weighted by Crippen LogP contribution is 2.19. The van der Waals surface area contributed by atoms with Crippen LogP contribution in [0, 0.1) is 5.82 Å². The molecule has 1 aliphatic heterocycles. The smallest absolute Gasteiger partial charge is 0.241 e. The number of hydrogen-bond acceptors (Lipinski definition) is 7. The van der Waals surface area contributed by atoms with Gasteiger partial charge in [-0.3, -0.25) is 14.6 Å². The van der Waals surface area contributed by atoms with Crippen molar-refractivity contribution in [2.75, 3.05) is 31.5 Å². The van der Waals surface area contributed by atoms with Gasteiger partial charge in [0, 0.05) is 42.8 Å². The first kappa shape index (κ1) is 19.7. The lowest BCUT2D eigenvalue weighted by Crippen LogP contribution is -2.52. The molecule has 9 heteroatoms. The quantitative estimate of drug-likeness (QED) is 0.667. The normalized spacial score (nSPS) is 16.6. The standard InChI is InChI=1S/C20H22FN5O2S/c1-14(20(27)22-17-4-2-3-16(21)11-17)26-8-6-25(7-9-26)12-18-23-19(24-28-18)15-5-10-29-13-15/h2-5,10-11,13-14H,6-9,12H2,1H3,(H,22,27). The molecule has 1 aromatic carbocycles. The number of amides is 1. The Bertz CT molecular complexity index is 953. The van der Waals surface area contributed by atoms with Crippen molar-refractivity contribution in [2.45, 2.75) is 19.5 Å². The number of anilines is 1. The van der Waals surface area contributed by atoms with Crippen LogP contribution < -0.4 is 5.32 Å². The second-order valence-electron chi connectivity index (χ2n) is 7.01. The predicted octanol–water partition coefficient (Wildman–Crippen LogP) is 3.08. The van der Waals surface area contributed by atoms with Gasteiger partial charge in [-0.15, -0.1) is 0 Å². The number of hydrogen-bond donors (Lipinski definition) is 1. The van der Waals surface area contributed by atoms with Crippen molar-refractivity contribution >= 4 is 22.9 Å². The van der Waals surface area contributed by atoms with E-state index in [1.165, 1.54) is 12.1 Å². The van der Waals surface area contributed by atoms with Crippen LogP contribution in [0.3, 0.4) is 0 Å². The Kier molecular flexibility index (Phi) is 5.98. The molecule has 3 heterocycles. The fourth-order valence-electron chi connectivity index (χ4n) is 3.31. The Morgan fingerprint density at radius 2 is 2.14 bits per heavy atom. The monoisotopic (exact) mass is 415 g/mol. The van der Waals surface area contributed by atoms with Crippen molar-refractivity contribution in [3.05, 3.63) is 52.8 Å². The molecule has 1 amide bonds. The van der Waals surface area contributed by atoms with Gasteiger partial charge in [-0.1, -0.05) is 11.2 Å². The molecule has 1 fully saturated rings. The van der Waals surface area contributed by atoms with E-state index in [-0.39, 0.29) is 17.8 Å². The van der Waals surface area contributed by atoms with E-state index in [0.717, 1.165) is 31.7 Å². The molecular weight excluding hydrogens is 393 g/mol. The van der Waals surface area contributed by atoms with Gasteiger partial charge in [-0.05, 0) is 36.6 Å². The minimum atomic E-state index is -0.368. The third-order valence-electron chi connectivity index (χ3n) is 5.03. The first-order chi connectivity index (χ1) is 14.1. The molecule has 1 unspecified atom stereocenters. The number of carbonyl (C=O) groups excluding carboxylic acids is 1. The van der Waals surface area contributed by atoms with Crippen molar-refractivity contribution in [1.29, 1.82) is 0 Å². The Hall–Kier alpha value is -2.62. The maximum atomic E-state index is 13.3. The molecule has 0 radical (unpaired) electrons. The second kappa shape index (κ2) is 8.81. The van der Waals surface area contributed by atoms with Crippen LogP contribution in [0.2, 0.25) is 0 Å². The van der Waals surface area contributed by atoms with Gasteiger partial charge in [0.05, 0.1) is 12.6 Å². The van der Waals surface area contributed by atoms with E-state index in [1.54, 1.807) is 23.5 Å². The summed E-state index contributed by atoms with van der Waals surface area (Å²) in [7, 11) is 0. The number of benzene rings is 1. The Balaban J connectivity index is 1.27. The van der Waals surface area contributed by atoms with Crippen molar-refractivity contribution in [2.24, 2.45) is 0 Å². The van der Waals surface area contributed by atoms with Crippen LogP contribution >= 0.6 is 11.3 Å². The summed E-state index contributed by atoms with van der Waals surface area (Å²) in [5.41, 5.74) is 1.44. The molecule has 7 nitrogen and oxygen atoms in total. The molecule has 0 saturated carbocycles. The molecule has 29 heavy (non-hydrogen) atoms. The summed E-state index contributed by atoms with van der Waals surface area (Å²) in [5.74, 6) is 0.702. The van der Waals surface area contributed by atoms with Gasteiger partial charge in [-0.2, -0.15) is 16.3 Å². The number of aromatic nitrogens is 2.